The summed E-state index contributed by atoms with van der Waals surface area (Å²) in [5, 5.41) is 0.378. The molecule has 0 bridgehead atoms. The summed E-state index contributed by atoms with van der Waals surface area (Å²) >= 11 is 5.89. The third-order valence-corrected chi connectivity index (χ3v) is 3.65. The second kappa shape index (κ2) is 10.6. The Bertz CT molecular complexity index is 640. The molecule has 0 aliphatic rings. The maximum atomic E-state index is 12.6. The molecule has 1 rings (SSSR count). The maximum Gasteiger partial charge on any atom is 0.305 e. The van der Waals surface area contributed by atoms with E-state index in [1.807, 2.05) is 0 Å². The summed E-state index contributed by atoms with van der Waals surface area (Å²) in [6.45, 7) is 2.68. The highest BCUT2D eigenvalue weighted by Crippen LogP contribution is 2.20. The van der Waals surface area contributed by atoms with E-state index < -0.39 is 30.1 Å². The van der Waals surface area contributed by atoms with Gasteiger partial charge in [-0.25, -0.2) is 0 Å². The first-order valence-electron chi connectivity index (χ1n) is 7.96. The SMILES string of the molecule is CCOC(=O)CCCC(C(=O)COC(C)=O)C(=O)c1cccc(Cl)c1. The van der Waals surface area contributed by atoms with Crippen molar-refractivity contribution in [1.29, 1.82) is 0 Å². The minimum absolute atomic E-state index is 0.105. The maximum absolute atomic E-state index is 12.6. The summed E-state index contributed by atoms with van der Waals surface area (Å²) < 4.78 is 9.53. The molecule has 0 amide bonds. The van der Waals surface area contributed by atoms with Crippen LogP contribution in [-0.4, -0.2) is 36.7 Å². The lowest BCUT2D eigenvalue weighted by molar-refractivity contribution is -0.146. The summed E-state index contributed by atoms with van der Waals surface area (Å²) in [6.07, 6.45) is 0.569. The number of carbonyl (C=O) groups is 4. The van der Waals surface area contributed by atoms with Crippen LogP contribution in [0.4, 0.5) is 0 Å². The minimum Gasteiger partial charge on any atom is -0.466 e. The lowest BCUT2D eigenvalue weighted by Crippen LogP contribution is -2.28. The first-order chi connectivity index (χ1) is 11.8. The molecule has 0 spiro atoms. The highest BCUT2D eigenvalue weighted by Gasteiger charge is 2.28. The van der Waals surface area contributed by atoms with Gasteiger partial charge in [-0.15, -0.1) is 0 Å². The Balaban J connectivity index is 2.82. The van der Waals surface area contributed by atoms with Crippen molar-refractivity contribution in [3.8, 4) is 0 Å². The van der Waals surface area contributed by atoms with Gasteiger partial charge in [0.15, 0.2) is 18.2 Å². The van der Waals surface area contributed by atoms with E-state index in [1.165, 1.54) is 13.0 Å². The zero-order chi connectivity index (χ0) is 18.8. The smallest absolute Gasteiger partial charge is 0.305 e. The molecule has 0 heterocycles. The normalized spacial score (nSPS) is 11.5. The van der Waals surface area contributed by atoms with Gasteiger partial charge in [0.25, 0.3) is 0 Å². The van der Waals surface area contributed by atoms with Crippen molar-refractivity contribution in [1.82, 2.24) is 0 Å². The molecule has 7 heteroatoms. The van der Waals surface area contributed by atoms with E-state index in [0.29, 0.717) is 17.0 Å². The van der Waals surface area contributed by atoms with Gasteiger partial charge in [0.2, 0.25) is 0 Å². The molecule has 1 unspecified atom stereocenters. The van der Waals surface area contributed by atoms with Crippen LogP contribution in [0.2, 0.25) is 5.02 Å². The van der Waals surface area contributed by atoms with E-state index in [4.69, 9.17) is 21.1 Å². The second-order valence-corrected chi connectivity index (χ2v) is 5.81. The summed E-state index contributed by atoms with van der Waals surface area (Å²) in [4.78, 5) is 47.3. The fourth-order valence-corrected chi connectivity index (χ4v) is 2.43. The number of carbonyl (C=O) groups excluding carboxylic acids is 4. The predicted molar refractivity (Wildman–Crippen MR) is 91.4 cm³/mol. The van der Waals surface area contributed by atoms with Gasteiger partial charge < -0.3 is 9.47 Å². The van der Waals surface area contributed by atoms with Crippen molar-refractivity contribution < 1.29 is 28.7 Å². The minimum atomic E-state index is -1.01. The van der Waals surface area contributed by atoms with Gasteiger partial charge in [0.05, 0.1) is 12.5 Å². The van der Waals surface area contributed by atoms with E-state index in [0.717, 1.165) is 0 Å². The van der Waals surface area contributed by atoms with Gasteiger partial charge in [-0.05, 0) is 31.9 Å². The van der Waals surface area contributed by atoms with E-state index in [9.17, 15) is 19.2 Å². The Morgan fingerprint density at radius 1 is 1.16 bits per heavy atom. The van der Waals surface area contributed by atoms with Gasteiger partial charge >= 0.3 is 11.9 Å². The fourth-order valence-electron chi connectivity index (χ4n) is 2.24. The van der Waals surface area contributed by atoms with Crippen LogP contribution in [0.3, 0.4) is 0 Å². The molecule has 1 atom stereocenters. The average Bonchev–Trinajstić information content (AvgIpc) is 2.56. The largest absolute Gasteiger partial charge is 0.466 e. The van der Waals surface area contributed by atoms with Crippen molar-refractivity contribution in [2.75, 3.05) is 13.2 Å². The zero-order valence-electron chi connectivity index (χ0n) is 14.2. The number of benzene rings is 1. The van der Waals surface area contributed by atoms with Crippen molar-refractivity contribution in [3.05, 3.63) is 34.9 Å². The average molecular weight is 369 g/mol. The molecule has 6 nitrogen and oxygen atoms in total. The molecule has 0 aliphatic carbocycles. The molecule has 0 N–H and O–H groups in total. The third kappa shape index (κ3) is 7.47. The molecule has 0 aromatic heterocycles. The second-order valence-electron chi connectivity index (χ2n) is 5.37. The number of rotatable bonds is 10. The van der Waals surface area contributed by atoms with Crippen LogP contribution in [0.25, 0.3) is 0 Å². The Labute approximate surface area is 151 Å². The molecular formula is C18H21ClO6. The number of esters is 2. The van der Waals surface area contributed by atoms with Gasteiger partial charge in [-0.1, -0.05) is 23.7 Å². The summed E-state index contributed by atoms with van der Waals surface area (Å²) in [5.74, 6) is -2.92. The third-order valence-electron chi connectivity index (χ3n) is 3.41. The van der Waals surface area contributed by atoms with E-state index >= 15 is 0 Å². The van der Waals surface area contributed by atoms with Crippen LogP contribution in [-0.2, 0) is 23.9 Å². The predicted octanol–water partition coefficient (Wildman–Crippen LogP) is 3.00. The van der Waals surface area contributed by atoms with Crippen LogP contribution < -0.4 is 0 Å². The van der Waals surface area contributed by atoms with Crippen molar-refractivity contribution in [2.24, 2.45) is 5.92 Å². The summed E-state index contributed by atoms with van der Waals surface area (Å²) in [5.41, 5.74) is 0.296. The zero-order valence-corrected chi connectivity index (χ0v) is 15.0. The summed E-state index contributed by atoms with van der Waals surface area (Å²) in [6, 6.07) is 6.27. The van der Waals surface area contributed by atoms with Gasteiger partial charge in [0, 0.05) is 23.9 Å². The van der Waals surface area contributed by atoms with Crippen molar-refractivity contribution >= 4 is 35.1 Å². The van der Waals surface area contributed by atoms with Crippen LogP contribution in [0, 0.1) is 5.92 Å². The molecule has 0 saturated carbocycles. The van der Waals surface area contributed by atoms with Gasteiger partial charge in [0.1, 0.15) is 0 Å². The Kier molecular flexibility index (Phi) is 8.84. The first-order valence-corrected chi connectivity index (χ1v) is 8.34. The molecule has 136 valence electrons. The molecule has 1 aromatic carbocycles. The topological polar surface area (TPSA) is 86.7 Å². The number of halogens is 1. The molecule has 25 heavy (non-hydrogen) atoms. The van der Waals surface area contributed by atoms with Crippen LogP contribution in [0.15, 0.2) is 24.3 Å². The quantitative estimate of drug-likeness (QED) is 0.358. The number of Topliss-reactive ketones (excluding diaryl/α,β-unsaturated/α-hetero) is 2. The lowest BCUT2D eigenvalue weighted by atomic mass is 9.89. The number of hydrogen-bond donors (Lipinski definition) is 0. The van der Waals surface area contributed by atoms with Crippen LogP contribution >= 0.6 is 11.6 Å². The van der Waals surface area contributed by atoms with E-state index in [2.05, 4.69) is 0 Å². The lowest BCUT2D eigenvalue weighted by Gasteiger charge is -2.15. The molecule has 0 fully saturated rings. The Hall–Kier alpha value is -2.21. The Morgan fingerprint density at radius 2 is 1.88 bits per heavy atom. The molecule has 0 aliphatic heterocycles. The number of ketones is 2. The van der Waals surface area contributed by atoms with Crippen molar-refractivity contribution in [3.63, 3.8) is 0 Å². The summed E-state index contributed by atoms with van der Waals surface area (Å²) in [7, 11) is 0. The molecule has 0 saturated heterocycles. The fraction of sp³-hybridized carbons (Fsp3) is 0.444. The van der Waals surface area contributed by atoms with Gasteiger partial charge in [-0.2, -0.15) is 0 Å². The monoisotopic (exact) mass is 368 g/mol. The highest BCUT2D eigenvalue weighted by atomic mass is 35.5. The molecular weight excluding hydrogens is 348 g/mol. The highest BCUT2D eigenvalue weighted by molar-refractivity contribution is 6.31. The standard InChI is InChI=1S/C18H21ClO6/c1-3-24-17(22)9-5-8-15(16(21)11-25-12(2)20)18(23)13-6-4-7-14(19)10-13/h4,6-7,10,15H,3,5,8-9,11H2,1-2H3. The number of ether oxygens (including phenoxy) is 2. The first kappa shape index (κ1) is 20.8. The van der Waals surface area contributed by atoms with Crippen LogP contribution in [0.1, 0.15) is 43.5 Å². The number of hydrogen-bond acceptors (Lipinski definition) is 6. The van der Waals surface area contributed by atoms with Crippen molar-refractivity contribution in [2.45, 2.75) is 33.1 Å². The van der Waals surface area contributed by atoms with Gasteiger partial charge in [-0.3, -0.25) is 19.2 Å². The van der Waals surface area contributed by atoms with E-state index in [1.54, 1.807) is 25.1 Å². The Morgan fingerprint density at radius 3 is 2.48 bits per heavy atom. The molecule has 0 radical (unpaired) electrons. The van der Waals surface area contributed by atoms with E-state index in [-0.39, 0.29) is 25.4 Å². The molecule has 1 aromatic rings. The van der Waals surface area contributed by atoms with Crippen LogP contribution in [0.5, 0.6) is 0 Å².